The van der Waals surface area contributed by atoms with E-state index in [2.05, 4.69) is 4.74 Å². The molecule has 72 valence electrons. The third-order valence-corrected chi connectivity index (χ3v) is 1.90. The summed E-state index contributed by atoms with van der Waals surface area (Å²) < 4.78 is 4.55. The predicted octanol–water partition coefficient (Wildman–Crippen LogP) is 1.75. The van der Waals surface area contributed by atoms with Gasteiger partial charge in [-0.15, -0.1) is 0 Å². The van der Waals surface area contributed by atoms with Crippen LogP contribution < -0.4 is 0 Å². The molecule has 1 aliphatic rings. The summed E-state index contributed by atoms with van der Waals surface area (Å²) in [7, 11) is 0. The number of rotatable bonds is 1. The summed E-state index contributed by atoms with van der Waals surface area (Å²) in [6, 6.07) is 0. The molecule has 1 N–H and O–H groups in total. The number of hydrogen-bond donors (Lipinski definition) is 1. The highest BCUT2D eigenvalue weighted by atomic mass is 16.7. The number of ether oxygens (including phenoxy) is 1. The third-order valence-electron chi connectivity index (χ3n) is 1.90. The van der Waals surface area contributed by atoms with Crippen LogP contribution in [0.25, 0.3) is 0 Å². The van der Waals surface area contributed by atoms with Crippen molar-refractivity contribution in [3.05, 3.63) is 12.2 Å². The van der Waals surface area contributed by atoms with E-state index in [1.165, 1.54) is 0 Å². The molecule has 13 heavy (non-hydrogen) atoms. The zero-order chi connectivity index (χ0) is 9.68. The monoisotopic (exact) mass is 184 g/mol. The zero-order valence-electron chi connectivity index (χ0n) is 7.23. The molecule has 1 aliphatic carbocycles. The number of allylic oxidation sites excluding steroid dienone is 1. The Kier molecular flexibility index (Phi) is 3.49. The van der Waals surface area contributed by atoms with Gasteiger partial charge in [0, 0.05) is 12.8 Å². The van der Waals surface area contributed by atoms with Crippen LogP contribution in [-0.4, -0.2) is 23.1 Å². The molecule has 4 heteroatoms. The molecule has 0 saturated heterocycles. The molecular formula is C9H12O4. The molecule has 0 amide bonds. The largest absolute Gasteiger partial charge is 0.506 e. The van der Waals surface area contributed by atoms with Crippen LogP contribution in [0.4, 0.5) is 4.79 Å². The van der Waals surface area contributed by atoms with Crippen molar-refractivity contribution >= 4 is 11.9 Å². The molecule has 4 nitrogen and oxygen atoms in total. The van der Waals surface area contributed by atoms with Crippen molar-refractivity contribution in [2.75, 3.05) is 0 Å². The fourth-order valence-electron chi connectivity index (χ4n) is 1.24. The summed E-state index contributed by atoms with van der Waals surface area (Å²) in [5.74, 6) is 0.170. The Morgan fingerprint density at radius 1 is 1.54 bits per heavy atom. The van der Waals surface area contributed by atoms with E-state index < -0.39 is 12.3 Å². The van der Waals surface area contributed by atoms with Crippen LogP contribution in [0.1, 0.15) is 25.7 Å². The van der Waals surface area contributed by atoms with Gasteiger partial charge in [0.25, 0.3) is 0 Å². The molecule has 0 aromatic carbocycles. The first-order valence-electron chi connectivity index (χ1n) is 4.26. The second kappa shape index (κ2) is 4.64. The van der Waals surface area contributed by atoms with E-state index in [1.807, 2.05) is 0 Å². The van der Waals surface area contributed by atoms with Crippen molar-refractivity contribution in [2.45, 2.75) is 31.8 Å². The van der Waals surface area contributed by atoms with E-state index in [0.717, 1.165) is 0 Å². The Bertz CT molecular complexity index is 232. The van der Waals surface area contributed by atoms with Crippen LogP contribution in [-0.2, 0) is 9.53 Å². The highest BCUT2D eigenvalue weighted by Gasteiger charge is 2.14. The van der Waals surface area contributed by atoms with E-state index >= 15 is 0 Å². The maximum Gasteiger partial charge on any atom is 0.506 e. The first-order chi connectivity index (χ1) is 6.18. The SMILES string of the molecule is O=C1CCC=CC(OC(=O)O)CC1. The van der Waals surface area contributed by atoms with Gasteiger partial charge < -0.3 is 9.84 Å². The minimum atomic E-state index is -1.29. The van der Waals surface area contributed by atoms with Crippen molar-refractivity contribution in [1.29, 1.82) is 0 Å². The smallest absolute Gasteiger partial charge is 0.450 e. The van der Waals surface area contributed by atoms with Crippen molar-refractivity contribution in [3.63, 3.8) is 0 Å². The summed E-state index contributed by atoms with van der Waals surface area (Å²) in [5, 5.41) is 8.35. The van der Waals surface area contributed by atoms with Gasteiger partial charge >= 0.3 is 6.16 Å². The van der Waals surface area contributed by atoms with Crippen molar-refractivity contribution in [3.8, 4) is 0 Å². The molecule has 0 aromatic heterocycles. The number of Topliss-reactive ketones (excluding diaryl/α,β-unsaturated/α-hetero) is 1. The Balaban J connectivity index is 2.48. The highest BCUT2D eigenvalue weighted by Crippen LogP contribution is 2.11. The lowest BCUT2D eigenvalue weighted by Gasteiger charge is -2.13. The number of hydrogen-bond acceptors (Lipinski definition) is 3. The summed E-state index contributed by atoms with van der Waals surface area (Å²) in [6.45, 7) is 0. The number of ketones is 1. The molecule has 0 fully saturated rings. The van der Waals surface area contributed by atoms with E-state index in [0.29, 0.717) is 25.7 Å². The number of carboxylic acid groups (broad SMARTS) is 1. The molecule has 0 heterocycles. The third kappa shape index (κ3) is 3.73. The first-order valence-corrected chi connectivity index (χ1v) is 4.26. The van der Waals surface area contributed by atoms with Crippen LogP contribution in [0.15, 0.2) is 12.2 Å². The first kappa shape index (κ1) is 9.77. The lowest BCUT2D eigenvalue weighted by Crippen LogP contribution is -2.17. The fourth-order valence-corrected chi connectivity index (χ4v) is 1.24. The van der Waals surface area contributed by atoms with Gasteiger partial charge in [0.15, 0.2) is 0 Å². The minimum Gasteiger partial charge on any atom is -0.450 e. The van der Waals surface area contributed by atoms with Crippen molar-refractivity contribution in [1.82, 2.24) is 0 Å². The Hall–Kier alpha value is -1.32. The van der Waals surface area contributed by atoms with Crippen LogP contribution in [0, 0.1) is 0 Å². The molecule has 1 rings (SSSR count). The lowest BCUT2D eigenvalue weighted by molar-refractivity contribution is -0.119. The van der Waals surface area contributed by atoms with E-state index in [9.17, 15) is 9.59 Å². The summed E-state index contributed by atoms with van der Waals surface area (Å²) in [6.07, 6.45) is 3.86. The van der Waals surface area contributed by atoms with Gasteiger partial charge in [-0.05, 0) is 18.9 Å². The molecule has 0 saturated carbocycles. The topological polar surface area (TPSA) is 63.6 Å². The molecule has 0 aromatic rings. The molecule has 0 radical (unpaired) electrons. The summed E-state index contributed by atoms with van der Waals surface area (Å²) in [4.78, 5) is 21.2. The van der Waals surface area contributed by atoms with Crippen molar-refractivity contribution < 1.29 is 19.4 Å². The van der Waals surface area contributed by atoms with Crippen LogP contribution >= 0.6 is 0 Å². The molecule has 0 spiro atoms. The predicted molar refractivity (Wildman–Crippen MR) is 45.5 cm³/mol. The van der Waals surface area contributed by atoms with Crippen molar-refractivity contribution in [2.24, 2.45) is 0 Å². The molecule has 0 bridgehead atoms. The molecule has 1 atom stereocenters. The Labute approximate surface area is 76.2 Å². The fraction of sp³-hybridized carbons (Fsp3) is 0.556. The van der Waals surface area contributed by atoms with Gasteiger partial charge in [-0.25, -0.2) is 4.79 Å². The van der Waals surface area contributed by atoms with E-state index in [1.54, 1.807) is 12.2 Å². The van der Waals surface area contributed by atoms with Gasteiger partial charge in [-0.3, -0.25) is 4.79 Å². The zero-order valence-corrected chi connectivity index (χ0v) is 7.23. The summed E-state index contributed by atoms with van der Waals surface area (Å²) in [5.41, 5.74) is 0. The molecule has 0 aliphatic heterocycles. The average molecular weight is 184 g/mol. The number of carbonyl (C=O) groups excluding carboxylic acids is 1. The maximum atomic E-state index is 11.0. The van der Waals surface area contributed by atoms with E-state index in [-0.39, 0.29) is 5.78 Å². The molecule has 1 unspecified atom stereocenters. The second-order valence-electron chi connectivity index (χ2n) is 2.97. The average Bonchev–Trinajstić information content (AvgIpc) is 2.03. The Morgan fingerprint density at radius 2 is 2.31 bits per heavy atom. The second-order valence-corrected chi connectivity index (χ2v) is 2.97. The highest BCUT2D eigenvalue weighted by molar-refractivity contribution is 5.78. The maximum absolute atomic E-state index is 11.0. The van der Waals surface area contributed by atoms with Gasteiger partial charge in [0.1, 0.15) is 11.9 Å². The van der Waals surface area contributed by atoms with Crippen LogP contribution in [0.3, 0.4) is 0 Å². The molecular weight excluding hydrogens is 172 g/mol. The quantitative estimate of drug-likeness (QED) is 0.498. The van der Waals surface area contributed by atoms with Crippen LogP contribution in [0.2, 0.25) is 0 Å². The van der Waals surface area contributed by atoms with E-state index in [4.69, 9.17) is 5.11 Å². The summed E-state index contributed by atoms with van der Waals surface area (Å²) >= 11 is 0. The van der Waals surface area contributed by atoms with Gasteiger partial charge in [0.2, 0.25) is 0 Å². The normalized spacial score (nSPS) is 23.4. The Morgan fingerprint density at radius 3 is 3.00 bits per heavy atom. The standard InChI is InChI=1S/C9H12O4/c10-7-3-1-2-4-8(6-5-7)13-9(11)12/h2,4,8H,1,3,5-6H2,(H,11,12). The minimum absolute atomic E-state index is 0.170. The number of carbonyl (C=O) groups is 2. The van der Waals surface area contributed by atoms with Gasteiger partial charge in [0.05, 0.1) is 0 Å². The van der Waals surface area contributed by atoms with Gasteiger partial charge in [-0.2, -0.15) is 0 Å². The lowest BCUT2D eigenvalue weighted by atomic mass is 10.0. The van der Waals surface area contributed by atoms with Crippen LogP contribution in [0.5, 0.6) is 0 Å². The van der Waals surface area contributed by atoms with Gasteiger partial charge in [-0.1, -0.05) is 6.08 Å².